The molecule has 0 aliphatic rings. The second-order valence-corrected chi connectivity index (χ2v) is 6.56. The molecule has 3 aromatic heterocycles. The van der Waals surface area contributed by atoms with Gasteiger partial charge in [0.1, 0.15) is 11.3 Å². The number of fused-ring (bicyclic) bond motifs is 2. The molecule has 0 aliphatic carbocycles. The molecule has 0 aliphatic heterocycles. The number of rotatable bonds is 4. The first-order valence-electron chi connectivity index (χ1n) is 6.98. The minimum atomic E-state index is -0.347. The number of halogens is 2. The minimum Gasteiger partial charge on any atom is -0.347 e. The zero-order valence-electron chi connectivity index (χ0n) is 12.4. The van der Waals surface area contributed by atoms with Crippen LogP contribution in [0.1, 0.15) is 5.82 Å². The molecule has 122 valence electrons. The number of imidazole rings is 1. The molecule has 4 aromatic rings. The molecular weight excluding hydrogens is 397 g/mol. The fourth-order valence-electron chi connectivity index (χ4n) is 2.33. The van der Waals surface area contributed by atoms with Crippen molar-refractivity contribution in [2.24, 2.45) is 0 Å². The fraction of sp³-hybridized carbons (Fsp3) is 0.143. The summed E-state index contributed by atoms with van der Waals surface area (Å²) in [5.74, 6) is 0.801. The van der Waals surface area contributed by atoms with Gasteiger partial charge in [-0.2, -0.15) is 14.6 Å². The van der Waals surface area contributed by atoms with E-state index in [1.54, 1.807) is 22.8 Å². The maximum absolute atomic E-state index is 13.7. The van der Waals surface area contributed by atoms with Crippen LogP contribution in [0.3, 0.4) is 0 Å². The van der Waals surface area contributed by atoms with Crippen LogP contribution in [-0.4, -0.2) is 35.8 Å². The lowest BCUT2D eigenvalue weighted by molar-refractivity contribution is 0.637. The lowest BCUT2D eigenvalue weighted by Gasteiger charge is -2.07. The Hall–Kier alpha value is -2.20. The van der Waals surface area contributed by atoms with Gasteiger partial charge in [0.05, 0.1) is 22.7 Å². The zero-order chi connectivity index (χ0) is 16.7. The number of aromatic amines is 1. The number of para-hydroxylation sites is 1. The van der Waals surface area contributed by atoms with E-state index in [4.69, 9.17) is 0 Å². The standard InChI is InChI=1S/C14H11BrFN7S/c1-24-14-21-12-7(15)5-18-23(12)13(22-14)17-6-10-19-9-4-2-3-8(16)11(9)20-10/h2-5H,6H2,1H3,(H,19,20)(H,17,21,22). The Kier molecular flexibility index (Phi) is 3.85. The molecule has 10 heteroatoms. The van der Waals surface area contributed by atoms with Crippen molar-refractivity contribution in [2.75, 3.05) is 11.6 Å². The molecular formula is C14H11BrFN7S. The Labute approximate surface area is 148 Å². The van der Waals surface area contributed by atoms with Crippen molar-refractivity contribution in [3.63, 3.8) is 0 Å². The highest BCUT2D eigenvalue weighted by Gasteiger charge is 2.12. The third kappa shape index (κ3) is 2.61. The van der Waals surface area contributed by atoms with Gasteiger partial charge in [0, 0.05) is 0 Å². The van der Waals surface area contributed by atoms with Gasteiger partial charge in [0.25, 0.3) is 0 Å². The predicted octanol–water partition coefficient (Wildman–Crippen LogP) is 3.24. The molecule has 0 fully saturated rings. The molecule has 0 atom stereocenters. The monoisotopic (exact) mass is 407 g/mol. The highest BCUT2D eigenvalue weighted by atomic mass is 79.9. The van der Waals surface area contributed by atoms with Gasteiger partial charge in [0.2, 0.25) is 5.95 Å². The van der Waals surface area contributed by atoms with Gasteiger partial charge in [-0.1, -0.05) is 17.8 Å². The number of thioether (sulfide) groups is 1. The Morgan fingerprint density at radius 1 is 1.33 bits per heavy atom. The third-order valence-corrected chi connectivity index (χ3v) is 4.52. The number of hydrogen-bond donors (Lipinski definition) is 2. The van der Waals surface area contributed by atoms with Crippen LogP contribution < -0.4 is 5.32 Å². The minimum absolute atomic E-state index is 0.328. The van der Waals surface area contributed by atoms with Crippen molar-refractivity contribution in [3.8, 4) is 0 Å². The van der Waals surface area contributed by atoms with Crippen LogP contribution in [0.5, 0.6) is 0 Å². The van der Waals surface area contributed by atoms with Crippen LogP contribution in [0.4, 0.5) is 10.3 Å². The molecule has 0 spiro atoms. The van der Waals surface area contributed by atoms with Gasteiger partial charge in [-0.05, 0) is 34.3 Å². The van der Waals surface area contributed by atoms with E-state index in [0.717, 1.165) is 4.47 Å². The van der Waals surface area contributed by atoms with Gasteiger partial charge in [0.15, 0.2) is 16.6 Å². The largest absolute Gasteiger partial charge is 0.347 e. The smallest absolute Gasteiger partial charge is 0.228 e. The second kappa shape index (κ2) is 6.02. The second-order valence-electron chi connectivity index (χ2n) is 4.93. The number of anilines is 1. The average Bonchev–Trinajstić information content (AvgIpc) is 3.17. The Balaban J connectivity index is 1.67. The summed E-state index contributed by atoms with van der Waals surface area (Å²) >= 11 is 4.86. The number of H-pyrrole nitrogens is 1. The van der Waals surface area contributed by atoms with Crippen LogP contribution >= 0.6 is 27.7 Å². The fourth-order valence-corrected chi connectivity index (χ4v) is 3.04. The number of nitrogens with zero attached hydrogens (tertiary/aromatic N) is 5. The normalized spacial score (nSPS) is 11.5. The summed E-state index contributed by atoms with van der Waals surface area (Å²) in [7, 11) is 0. The highest BCUT2D eigenvalue weighted by molar-refractivity contribution is 9.10. The van der Waals surface area contributed by atoms with Crippen molar-refractivity contribution < 1.29 is 4.39 Å². The molecule has 0 saturated heterocycles. The topological polar surface area (TPSA) is 83.8 Å². The molecule has 0 amide bonds. The van der Waals surface area contributed by atoms with Gasteiger partial charge in [-0.25, -0.2) is 14.4 Å². The summed E-state index contributed by atoms with van der Waals surface area (Å²) in [5.41, 5.74) is 1.66. The maximum Gasteiger partial charge on any atom is 0.228 e. The molecule has 4 rings (SSSR count). The van der Waals surface area contributed by atoms with Gasteiger partial charge in [-0.3, -0.25) is 0 Å². The maximum atomic E-state index is 13.7. The lowest BCUT2D eigenvalue weighted by Crippen LogP contribution is -2.10. The molecule has 1 aromatic carbocycles. The summed E-state index contributed by atoms with van der Waals surface area (Å²) < 4.78 is 16.1. The Morgan fingerprint density at radius 3 is 3.00 bits per heavy atom. The highest BCUT2D eigenvalue weighted by Crippen LogP contribution is 2.22. The molecule has 7 nitrogen and oxygen atoms in total. The van der Waals surface area contributed by atoms with Crippen LogP contribution in [0.2, 0.25) is 0 Å². The number of nitrogens with one attached hydrogen (secondary N) is 2. The molecule has 24 heavy (non-hydrogen) atoms. The number of aromatic nitrogens is 6. The Bertz CT molecular complexity index is 1040. The predicted molar refractivity (Wildman–Crippen MR) is 93.6 cm³/mol. The first kappa shape index (κ1) is 15.3. The summed E-state index contributed by atoms with van der Waals surface area (Å²) in [6.07, 6.45) is 3.57. The lowest BCUT2D eigenvalue weighted by atomic mass is 10.3. The van der Waals surface area contributed by atoms with Crippen molar-refractivity contribution >= 4 is 50.3 Å². The molecule has 0 bridgehead atoms. The Morgan fingerprint density at radius 2 is 2.21 bits per heavy atom. The molecule has 2 N–H and O–H groups in total. The van der Waals surface area contributed by atoms with E-state index in [0.29, 0.717) is 40.2 Å². The van der Waals surface area contributed by atoms with Crippen molar-refractivity contribution in [2.45, 2.75) is 11.7 Å². The van der Waals surface area contributed by atoms with Crippen LogP contribution in [0.25, 0.3) is 16.7 Å². The van der Waals surface area contributed by atoms with Crippen LogP contribution in [-0.2, 0) is 6.54 Å². The van der Waals surface area contributed by atoms with E-state index in [-0.39, 0.29) is 5.82 Å². The third-order valence-electron chi connectivity index (χ3n) is 3.41. The summed E-state index contributed by atoms with van der Waals surface area (Å²) in [4.78, 5) is 16.2. The van der Waals surface area contributed by atoms with E-state index in [1.807, 2.05) is 6.26 Å². The van der Waals surface area contributed by atoms with Gasteiger partial charge < -0.3 is 10.3 Å². The average molecular weight is 408 g/mol. The summed E-state index contributed by atoms with van der Waals surface area (Å²) in [6.45, 7) is 0.353. The summed E-state index contributed by atoms with van der Waals surface area (Å²) in [5, 5.41) is 8.04. The molecule has 0 saturated carbocycles. The van der Waals surface area contributed by atoms with E-state index < -0.39 is 0 Å². The van der Waals surface area contributed by atoms with Crippen LogP contribution in [0, 0.1) is 5.82 Å². The SMILES string of the molecule is CSc1nc(NCc2nc3c(F)cccc3[nH]2)n2ncc(Br)c2n1. The van der Waals surface area contributed by atoms with Gasteiger partial charge >= 0.3 is 0 Å². The van der Waals surface area contributed by atoms with Gasteiger partial charge in [-0.15, -0.1) is 0 Å². The molecule has 0 radical (unpaired) electrons. The van der Waals surface area contributed by atoms with E-state index in [2.05, 4.69) is 46.3 Å². The van der Waals surface area contributed by atoms with E-state index in [1.165, 1.54) is 17.8 Å². The molecule has 3 heterocycles. The number of benzene rings is 1. The van der Waals surface area contributed by atoms with Crippen molar-refractivity contribution in [1.29, 1.82) is 0 Å². The summed E-state index contributed by atoms with van der Waals surface area (Å²) in [6, 6.07) is 4.82. The van der Waals surface area contributed by atoms with Crippen molar-refractivity contribution in [1.82, 2.24) is 29.5 Å². The van der Waals surface area contributed by atoms with E-state index >= 15 is 0 Å². The quantitative estimate of drug-likeness (QED) is 0.505. The zero-order valence-corrected chi connectivity index (χ0v) is 14.8. The first-order chi connectivity index (χ1) is 11.7. The first-order valence-corrected chi connectivity index (χ1v) is 8.99. The van der Waals surface area contributed by atoms with E-state index in [9.17, 15) is 4.39 Å². The number of hydrogen-bond acceptors (Lipinski definition) is 6. The van der Waals surface area contributed by atoms with Crippen molar-refractivity contribution in [3.05, 3.63) is 40.5 Å². The van der Waals surface area contributed by atoms with Crippen LogP contribution in [0.15, 0.2) is 34.0 Å². The molecule has 0 unspecified atom stereocenters.